The first kappa shape index (κ1) is 18.1. The maximum absolute atomic E-state index is 13.1. The van der Waals surface area contributed by atoms with Crippen LogP contribution in [-0.4, -0.2) is 31.3 Å². The number of rotatable bonds is 3. The Labute approximate surface area is 137 Å². The van der Waals surface area contributed by atoms with Gasteiger partial charge in [-0.15, -0.1) is 0 Å². The summed E-state index contributed by atoms with van der Waals surface area (Å²) in [4.78, 5) is 23.4. The van der Waals surface area contributed by atoms with Gasteiger partial charge < -0.3 is 10.1 Å². The summed E-state index contributed by atoms with van der Waals surface area (Å²) in [5.74, 6) is -2.11. The summed E-state index contributed by atoms with van der Waals surface area (Å²) in [6.07, 6.45) is -3.53. The Hall–Kier alpha value is -2.25. The molecule has 5 nitrogen and oxygen atoms in total. The highest BCUT2D eigenvalue weighted by molar-refractivity contribution is 5.96. The molecule has 0 heterocycles. The average molecular weight is 344 g/mol. The first-order valence-corrected chi connectivity index (χ1v) is 7.64. The van der Waals surface area contributed by atoms with E-state index in [1.54, 1.807) is 6.07 Å². The van der Waals surface area contributed by atoms with Gasteiger partial charge >= 0.3 is 12.3 Å². The Bertz CT molecular complexity index is 604. The molecule has 1 fully saturated rings. The lowest BCUT2D eigenvalue weighted by Gasteiger charge is -2.33. The smallest absolute Gasteiger partial charge is 0.411 e. The number of nitrogens with one attached hydrogen (secondary N) is 2. The highest BCUT2D eigenvalue weighted by Crippen LogP contribution is 2.37. The van der Waals surface area contributed by atoms with E-state index in [0.717, 1.165) is 0 Å². The Morgan fingerprint density at radius 3 is 2.58 bits per heavy atom. The standard InChI is InChI=1S/C16H19F3N2O3/c1-24-15(23)20-11-6-4-5-10(9-11)14(22)21-13-8-3-2-7-12(13)16(17,18)19/h4-6,9,12-13H,2-3,7-8H2,1H3,(H,20,23)(H,21,22)/t12-,13+/m1/s1. The molecule has 132 valence electrons. The monoisotopic (exact) mass is 344 g/mol. The second kappa shape index (κ2) is 7.55. The molecule has 1 aliphatic rings. The number of ether oxygens (including phenoxy) is 1. The van der Waals surface area contributed by atoms with Crippen molar-refractivity contribution in [2.75, 3.05) is 12.4 Å². The molecule has 0 spiro atoms. The van der Waals surface area contributed by atoms with Crippen molar-refractivity contribution in [3.63, 3.8) is 0 Å². The highest BCUT2D eigenvalue weighted by Gasteiger charge is 2.45. The van der Waals surface area contributed by atoms with Gasteiger partial charge in [0, 0.05) is 17.3 Å². The minimum atomic E-state index is -4.33. The molecule has 0 bridgehead atoms. The van der Waals surface area contributed by atoms with Crippen molar-refractivity contribution >= 4 is 17.7 Å². The number of hydrogen-bond acceptors (Lipinski definition) is 3. The third-order valence-corrected chi connectivity index (χ3v) is 4.06. The van der Waals surface area contributed by atoms with E-state index in [1.165, 1.54) is 25.3 Å². The number of hydrogen-bond donors (Lipinski definition) is 2. The van der Waals surface area contributed by atoms with Crippen LogP contribution in [0.5, 0.6) is 0 Å². The molecule has 24 heavy (non-hydrogen) atoms. The minimum Gasteiger partial charge on any atom is -0.453 e. The van der Waals surface area contributed by atoms with Crippen molar-refractivity contribution in [3.05, 3.63) is 29.8 Å². The van der Waals surface area contributed by atoms with Gasteiger partial charge in [0.15, 0.2) is 0 Å². The van der Waals surface area contributed by atoms with Crippen LogP contribution >= 0.6 is 0 Å². The largest absolute Gasteiger partial charge is 0.453 e. The Morgan fingerprint density at radius 2 is 1.92 bits per heavy atom. The molecule has 0 aromatic heterocycles. The maximum Gasteiger partial charge on any atom is 0.411 e. The molecule has 2 N–H and O–H groups in total. The van der Waals surface area contributed by atoms with E-state index in [1.807, 2.05) is 0 Å². The molecular formula is C16H19F3N2O3. The van der Waals surface area contributed by atoms with Crippen LogP contribution in [0.3, 0.4) is 0 Å². The normalized spacial score (nSPS) is 21.0. The molecular weight excluding hydrogens is 325 g/mol. The molecule has 1 aromatic carbocycles. The van der Waals surface area contributed by atoms with E-state index in [-0.39, 0.29) is 12.0 Å². The summed E-state index contributed by atoms with van der Waals surface area (Å²) >= 11 is 0. The zero-order chi connectivity index (χ0) is 17.7. The molecule has 2 rings (SSSR count). The molecule has 0 unspecified atom stereocenters. The predicted octanol–water partition coefficient (Wildman–Crippen LogP) is 3.72. The second-order valence-electron chi connectivity index (χ2n) is 5.71. The lowest BCUT2D eigenvalue weighted by atomic mass is 9.84. The molecule has 1 saturated carbocycles. The van der Waals surface area contributed by atoms with Crippen LogP contribution in [0.25, 0.3) is 0 Å². The van der Waals surface area contributed by atoms with Crippen LogP contribution in [-0.2, 0) is 4.74 Å². The predicted molar refractivity (Wildman–Crippen MR) is 81.7 cm³/mol. The molecule has 1 aromatic rings. The highest BCUT2D eigenvalue weighted by atomic mass is 19.4. The molecule has 0 radical (unpaired) electrons. The molecule has 0 saturated heterocycles. The topological polar surface area (TPSA) is 67.4 Å². The van der Waals surface area contributed by atoms with Crippen LogP contribution in [0, 0.1) is 5.92 Å². The summed E-state index contributed by atoms with van der Waals surface area (Å²) in [6, 6.07) is 5.01. The van der Waals surface area contributed by atoms with Crippen molar-refractivity contribution in [2.24, 2.45) is 5.92 Å². The average Bonchev–Trinajstić information content (AvgIpc) is 2.54. The number of amides is 2. The Kier molecular flexibility index (Phi) is 5.69. The summed E-state index contributed by atoms with van der Waals surface area (Å²) in [5.41, 5.74) is 0.501. The molecule has 2 amide bonds. The number of alkyl halides is 3. The van der Waals surface area contributed by atoms with Crippen molar-refractivity contribution in [1.29, 1.82) is 0 Å². The number of carbonyl (C=O) groups is 2. The first-order valence-electron chi connectivity index (χ1n) is 7.64. The van der Waals surface area contributed by atoms with Crippen molar-refractivity contribution in [3.8, 4) is 0 Å². The quantitative estimate of drug-likeness (QED) is 0.878. The van der Waals surface area contributed by atoms with Gasteiger partial charge in [0.1, 0.15) is 0 Å². The van der Waals surface area contributed by atoms with Crippen molar-refractivity contribution < 1.29 is 27.5 Å². The van der Waals surface area contributed by atoms with Gasteiger partial charge in [0.2, 0.25) is 0 Å². The van der Waals surface area contributed by atoms with Crippen LogP contribution in [0.4, 0.5) is 23.7 Å². The SMILES string of the molecule is COC(=O)Nc1cccc(C(=O)N[C@H]2CCCC[C@H]2C(F)(F)F)c1. The summed E-state index contributed by atoms with van der Waals surface area (Å²) in [5, 5.41) is 4.89. The Balaban J connectivity index is 2.08. The molecule has 1 aliphatic carbocycles. The van der Waals surface area contributed by atoms with Gasteiger partial charge in [-0.2, -0.15) is 13.2 Å². The van der Waals surface area contributed by atoms with Gasteiger partial charge in [0.25, 0.3) is 5.91 Å². The first-order chi connectivity index (χ1) is 11.3. The van der Waals surface area contributed by atoms with Gasteiger partial charge in [-0.1, -0.05) is 18.9 Å². The zero-order valence-corrected chi connectivity index (χ0v) is 13.2. The van der Waals surface area contributed by atoms with E-state index in [0.29, 0.717) is 24.9 Å². The molecule has 8 heteroatoms. The zero-order valence-electron chi connectivity index (χ0n) is 13.2. The number of carbonyl (C=O) groups excluding carboxylic acids is 2. The number of benzene rings is 1. The fraction of sp³-hybridized carbons (Fsp3) is 0.500. The second-order valence-corrected chi connectivity index (χ2v) is 5.71. The minimum absolute atomic E-state index is 0.0262. The summed E-state index contributed by atoms with van der Waals surface area (Å²) in [7, 11) is 1.20. The fourth-order valence-electron chi connectivity index (χ4n) is 2.85. The van der Waals surface area contributed by atoms with E-state index in [9.17, 15) is 22.8 Å². The van der Waals surface area contributed by atoms with Gasteiger partial charge in [-0.3, -0.25) is 10.1 Å². The third kappa shape index (κ3) is 4.62. The lowest BCUT2D eigenvalue weighted by Crippen LogP contribution is -2.47. The molecule has 2 atom stereocenters. The number of halogens is 3. The maximum atomic E-state index is 13.1. The third-order valence-electron chi connectivity index (χ3n) is 4.06. The number of anilines is 1. The van der Waals surface area contributed by atoms with E-state index in [4.69, 9.17) is 0 Å². The van der Waals surface area contributed by atoms with E-state index < -0.39 is 30.1 Å². The Morgan fingerprint density at radius 1 is 1.21 bits per heavy atom. The van der Waals surface area contributed by atoms with Crippen LogP contribution in [0.1, 0.15) is 36.0 Å². The summed E-state index contributed by atoms with van der Waals surface area (Å²) < 4.78 is 43.7. The van der Waals surface area contributed by atoms with E-state index >= 15 is 0 Å². The summed E-state index contributed by atoms with van der Waals surface area (Å²) in [6.45, 7) is 0. The van der Waals surface area contributed by atoms with Crippen LogP contribution < -0.4 is 10.6 Å². The van der Waals surface area contributed by atoms with E-state index in [2.05, 4.69) is 15.4 Å². The van der Waals surface area contributed by atoms with Crippen LogP contribution in [0.15, 0.2) is 24.3 Å². The lowest BCUT2D eigenvalue weighted by molar-refractivity contribution is -0.187. The van der Waals surface area contributed by atoms with Gasteiger partial charge in [-0.05, 0) is 31.0 Å². The van der Waals surface area contributed by atoms with Gasteiger partial charge in [0.05, 0.1) is 13.0 Å². The van der Waals surface area contributed by atoms with Crippen LogP contribution in [0.2, 0.25) is 0 Å². The fourth-order valence-corrected chi connectivity index (χ4v) is 2.85. The number of methoxy groups -OCH3 is 1. The molecule has 0 aliphatic heterocycles. The van der Waals surface area contributed by atoms with Crippen molar-refractivity contribution in [1.82, 2.24) is 5.32 Å². The van der Waals surface area contributed by atoms with Crippen molar-refractivity contribution in [2.45, 2.75) is 37.9 Å². The van der Waals surface area contributed by atoms with Gasteiger partial charge in [-0.25, -0.2) is 4.79 Å².